The molecule has 0 amide bonds. The van der Waals surface area contributed by atoms with Gasteiger partial charge in [-0.25, -0.2) is 9.97 Å². The maximum atomic E-state index is 5.58. The first-order chi connectivity index (χ1) is 8.19. The van der Waals surface area contributed by atoms with Crippen molar-refractivity contribution in [2.75, 3.05) is 44.7 Å². The van der Waals surface area contributed by atoms with Gasteiger partial charge in [0, 0.05) is 44.0 Å². The van der Waals surface area contributed by atoms with Gasteiger partial charge < -0.3 is 15.5 Å². The van der Waals surface area contributed by atoms with Crippen molar-refractivity contribution in [2.45, 2.75) is 13.3 Å². The van der Waals surface area contributed by atoms with Gasteiger partial charge in [-0.05, 0) is 26.6 Å². The van der Waals surface area contributed by atoms with Gasteiger partial charge in [0.25, 0.3) is 0 Å². The van der Waals surface area contributed by atoms with E-state index in [9.17, 15) is 0 Å². The van der Waals surface area contributed by atoms with E-state index in [1.54, 1.807) is 0 Å². The lowest BCUT2D eigenvalue weighted by atomic mass is 10.2. The first-order valence-electron chi connectivity index (χ1n) is 6.17. The molecule has 2 heterocycles. The van der Waals surface area contributed by atoms with Gasteiger partial charge in [0.05, 0.1) is 0 Å². The molecule has 2 N–H and O–H groups in total. The van der Waals surface area contributed by atoms with Crippen molar-refractivity contribution in [2.24, 2.45) is 5.73 Å². The van der Waals surface area contributed by atoms with Crippen LogP contribution in [0, 0.1) is 6.92 Å². The van der Waals surface area contributed by atoms with Crippen LogP contribution in [-0.2, 0) is 6.42 Å². The third-order valence-corrected chi connectivity index (χ3v) is 3.08. The number of rotatable bonds is 3. The Hall–Kier alpha value is -1.20. The Bertz CT molecular complexity index is 371. The van der Waals surface area contributed by atoms with Gasteiger partial charge in [-0.1, -0.05) is 0 Å². The summed E-state index contributed by atoms with van der Waals surface area (Å²) in [4.78, 5) is 13.7. The summed E-state index contributed by atoms with van der Waals surface area (Å²) < 4.78 is 0. The number of hydrogen-bond donors (Lipinski definition) is 1. The van der Waals surface area contributed by atoms with Crippen molar-refractivity contribution >= 4 is 5.95 Å². The van der Waals surface area contributed by atoms with Crippen LogP contribution in [0.4, 0.5) is 5.95 Å². The molecule has 0 spiro atoms. The van der Waals surface area contributed by atoms with Crippen molar-refractivity contribution < 1.29 is 0 Å². The summed E-state index contributed by atoms with van der Waals surface area (Å²) in [6, 6.07) is 2.02. The molecule has 0 unspecified atom stereocenters. The fourth-order valence-corrected chi connectivity index (χ4v) is 2.04. The zero-order valence-corrected chi connectivity index (χ0v) is 10.7. The maximum absolute atomic E-state index is 5.58. The number of aryl methyl sites for hydroxylation is 1. The molecule has 0 atom stereocenters. The molecule has 0 radical (unpaired) electrons. The number of likely N-dealkylation sites (N-methyl/N-ethyl adjacent to an activating group) is 1. The van der Waals surface area contributed by atoms with Crippen LogP contribution in [0.25, 0.3) is 0 Å². The molecule has 0 bridgehead atoms. The lowest BCUT2D eigenvalue weighted by molar-refractivity contribution is 0.311. The second-order valence-corrected chi connectivity index (χ2v) is 4.63. The molecule has 0 saturated carbocycles. The molecule has 17 heavy (non-hydrogen) atoms. The summed E-state index contributed by atoms with van der Waals surface area (Å²) >= 11 is 0. The van der Waals surface area contributed by atoms with Crippen molar-refractivity contribution in [3.63, 3.8) is 0 Å². The highest BCUT2D eigenvalue weighted by atomic mass is 15.3. The Morgan fingerprint density at radius 2 is 1.94 bits per heavy atom. The molecule has 1 fully saturated rings. The lowest BCUT2D eigenvalue weighted by Gasteiger charge is -2.32. The minimum absolute atomic E-state index is 0.638. The van der Waals surface area contributed by atoms with Gasteiger partial charge in [0.1, 0.15) is 0 Å². The van der Waals surface area contributed by atoms with E-state index >= 15 is 0 Å². The Morgan fingerprint density at radius 3 is 2.59 bits per heavy atom. The zero-order chi connectivity index (χ0) is 12.3. The van der Waals surface area contributed by atoms with E-state index in [1.807, 2.05) is 13.0 Å². The molecule has 94 valence electrons. The summed E-state index contributed by atoms with van der Waals surface area (Å²) in [6.45, 7) is 6.80. The predicted molar refractivity (Wildman–Crippen MR) is 69.2 cm³/mol. The van der Waals surface area contributed by atoms with Gasteiger partial charge in [-0.3, -0.25) is 0 Å². The molecule has 5 heteroatoms. The minimum Gasteiger partial charge on any atom is -0.338 e. The topological polar surface area (TPSA) is 58.3 Å². The second kappa shape index (κ2) is 5.42. The van der Waals surface area contributed by atoms with Crippen molar-refractivity contribution in [1.82, 2.24) is 14.9 Å². The number of piperazine rings is 1. The molecular weight excluding hydrogens is 214 g/mol. The van der Waals surface area contributed by atoms with E-state index in [1.165, 1.54) is 0 Å². The Balaban J connectivity index is 2.14. The Kier molecular flexibility index (Phi) is 3.91. The van der Waals surface area contributed by atoms with Crippen LogP contribution in [0.2, 0.25) is 0 Å². The van der Waals surface area contributed by atoms with E-state index in [2.05, 4.69) is 26.8 Å². The molecule has 0 aromatic carbocycles. The minimum atomic E-state index is 0.638. The third kappa shape index (κ3) is 3.14. The van der Waals surface area contributed by atoms with E-state index in [-0.39, 0.29) is 0 Å². The quantitative estimate of drug-likeness (QED) is 0.801. The van der Waals surface area contributed by atoms with Crippen LogP contribution in [-0.4, -0.2) is 54.6 Å². The average Bonchev–Trinajstić information content (AvgIpc) is 2.29. The first-order valence-corrected chi connectivity index (χ1v) is 6.17. The van der Waals surface area contributed by atoms with E-state index < -0.39 is 0 Å². The third-order valence-electron chi connectivity index (χ3n) is 3.08. The molecule has 1 aromatic rings. The highest BCUT2D eigenvalue weighted by molar-refractivity contribution is 5.33. The highest BCUT2D eigenvalue weighted by Crippen LogP contribution is 2.12. The van der Waals surface area contributed by atoms with Gasteiger partial charge >= 0.3 is 0 Å². The maximum Gasteiger partial charge on any atom is 0.225 e. The van der Waals surface area contributed by atoms with Gasteiger partial charge in [0.2, 0.25) is 5.95 Å². The molecule has 5 nitrogen and oxygen atoms in total. The van der Waals surface area contributed by atoms with Crippen LogP contribution < -0.4 is 10.6 Å². The summed E-state index contributed by atoms with van der Waals surface area (Å²) in [5.41, 5.74) is 7.65. The smallest absolute Gasteiger partial charge is 0.225 e. The number of nitrogens with zero attached hydrogens (tertiary/aromatic N) is 4. The molecule has 1 aliphatic heterocycles. The largest absolute Gasteiger partial charge is 0.338 e. The lowest BCUT2D eigenvalue weighted by Crippen LogP contribution is -2.45. The summed E-state index contributed by atoms with van der Waals surface area (Å²) in [5.74, 6) is 0.863. The molecule has 2 rings (SSSR count). The average molecular weight is 235 g/mol. The Morgan fingerprint density at radius 1 is 1.24 bits per heavy atom. The zero-order valence-electron chi connectivity index (χ0n) is 10.7. The van der Waals surface area contributed by atoms with Crippen molar-refractivity contribution in [1.29, 1.82) is 0 Å². The van der Waals surface area contributed by atoms with Crippen LogP contribution in [0.15, 0.2) is 6.07 Å². The van der Waals surface area contributed by atoms with Gasteiger partial charge in [-0.15, -0.1) is 0 Å². The normalized spacial score (nSPS) is 17.5. The van der Waals surface area contributed by atoms with E-state index in [4.69, 9.17) is 5.73 Å². The SMILES string of the molecule is Cc1cc(CCN)nc(N2CCN(C)CC2)n1. The summed E-state index contributed by atoms with van der Waals surface area (Å²) in [5, 5.41) is 0. The fourth-order valence-electron chi connectivity index (χ4n) is 2.04. The number of nitrogens with two attached hydrogens (primary N) is 1. The molecule has 1 aromatic heterocycles. The molecule has 0 aliphatic carbocycles. The number of hydrogen-bond acceptors (Lipinski definition) is 5. The molecule has 1 saturated heterocycles. The Labute approximate surface area is 103 Å². The van der Waals surface area contributed by atoms with Crippen molar-refractivity contribution in [3.8, 4) is 0 Å². The predicted octanol–water partition coefficient (Wildman–Crippen LogP) is 0.0380. The van der Waals surface area contributed by atoms with Gasteiger partial charge in [0.15, 0.2) is 0 Å². The fraction of sp³-hybridized carbons (Fsp3) is 0.667. The highest BCUT2D eigenvalue weighted by Gasteiger charge is 2.16. The van der Waals surface area contributed by atoms with E-state index in [0.717, 1.165) is 49.9 Å². The van der Waals surface area contributed by atoms with Crippen LogP contribution in [0.1, 0.15) is 11.4 Å². The monoisotopic (exact) mass is 235 g/mol. The van der Waals surface area contributed by atoms with Crippen LogP contribution in [0.5, 0.6) is 0 Å². The van der Waals surface area contributed by atoms with Crippen LogP contribution >= 0.6 is 0 Å². The standard InChI is InChI=1S/C12H21N5/c1-10-9-11(3-4-13)15-12(14-10)17-7-5-16(2)6-8-17/h9H,3-8,13H2,1-2H3. The number of anilines is 1. The van der Waals surface area contributed by atoms with Crippen molar-refractivity contribution in [3.05, 3.63) is 17.5 Å². The molecular formula is C12H21N5. The summed E-state index contributed by atoms with van der Waals surface area (Å²) in [6.07, 6.45) is 0.824. The summed E-state index contributed by atoms with van der Waals surface area (Å²) in [7, 11) is 2.15. The van der Waals surface area contributed by atoms with Gasteiger partial charge in [-0.2, -0.15) is 0 Å². The first kappa shape index (κ1) is 12.3. The molecule has 1 aliphatic rings. The number of aromatic nitrogens is 2. The second-order valence-electron chi connectivity index (χ2n) is 4.63. The van der Waals surface area contributed by atoms with E-state index in [0.29, 0.717) is 6.54 Å². The van der Waals surface area contributed by atoms with Crippen LogP contribution in [0.3, 0.4) is 0 Å².